The van der Waals surface area contributed by atoms with Gasteiger partial charge < -0.3 is 4.57 Å². The lowest BCUT2D eigenvalue weighted by atomic mass is 9.85. The predicted octanol–water partition coefficient (Wildman–Crippen LogP) is 14.9. The molecule has 0 aliphatic heterocycles. The summed E-state index contributed by atoms with van der Waals surface area (Å²) in [5.74, 6) is 0.883. The van der Waals surface area contributed by atoms with Crippen LogP contribution >= 0.6 is 0 Å². The van der Waals surface area contributed by atoms with E-state index in [-0.39, 0.29) is 0 Å². The Kier molecular flexibility index (Phi) is 7.19. The van der Waals surface area contributed by atoms with Crippen molar-refractivity contribution in [3.63, 3.8) is 0 Å². The molecule has 13 rings (SSSR count). The fraction of sp³-hybridized carbons (Fsp3) is 0.0175. The van der Waals surface area contributed by atoms with E-state index in [1.165, 1.54) is 76.4 Å². The lowest BCUT2D eigenvalue weighted by molar-refractivity contribution is 1.16. The molecule has 0 fully saturated rings. The Morgan fingerprint density at radius 2 is 0.918 bits per heavy atom. The normalized spacial score (nSPS) is 12.0. The van der Waals surface area contributed by atoms with Crippen molar-refractivity contribution in [2.75, 3.05) is 0 Å². The number of para-hydroxylation sites is 3. The van der Waals surface area contributed by atoms with Crippen molar-refractivity contribution in [3.8, 4) is 39.3 Å². The monoisotopic (exact) mass is 776 g/mol. The van der Waals surface area contributed by atoms with Gasteiger partial charge in [0.05, 0.1) is 27.6 Å². The highest BCUT2D eigenvalue weighted by molar-refractivity contribution is 6.22. The molecule has 10 aromatic carbocycles. The molecule has 13 aromatic rings. The topological polar surface area (TPSA) is 35.1 Å². The minimum absolute atomic E-state index is 0.883. The number of aromatic nitrogens is 4. The smallest absolute Gasteiger partial charge is 0.149 e. The standard InChI is InChI=1S/C57H36N4/c1-35-22-30-51-47(32-35)48-34-40(56-58-49-19-9-8-18-46(49)57-59-50-20-10-11-21-53(50)61(56)57)27-31-52(48)60(51)41-28-25-37(26-29-41)54-42-14-4-6-16-44(42)55(45-17-7-5-15-43(45)54)39-24-23-36-12-2-3-13-38(36)33-39/h2-34H,1H3. The van der Waals surface area contributed by atoms with Crippen LogP contribution in [0.4, 0.5) is 0 Å². The number of benzene rings is 10. The SMILES string of the molecule is Cc1ccc2c(c1)c1cc(-c3nc4ccccc4c4nc5ccccc5n34)ccc1n2-c1ccc(-c2c3ccccc3c(-c3ccc4ccccc4c3)c3ccccc23)cc1. The summed E-state index contributed by atoms with van der Waals surface area (Å²) in [5.41, 5.74) is 14.5. The van der Waals surface area contributed by atoms with E-state index in [2.05, 4.69) is 210 Å². The molecule has 284 valence electrons. The summed E-state index contributed by atoms with van der Waals surface area (Å²) in [6, 6.07) is 72.7. The average Bonchev–Trinajstić information content (AvgIpc) is 3.86. The number of imidazole rings is 1. The van der Waals surface area contributed by atoms with E-state index in [1.807, 2.05) is 6.07 Å². The van der Waals surface area contributed by atoms with Gasteiger partial charge in [0.2, 0.25) is 0 Å². The van der Waals surface area contributed by atoms with Crippen LogP contribution in [0.1, 0.15) is 5.56 Å². The van der Waals surface area contributed by atoms with Gasteiger partial charge in [-0.2, -0.15) is 0 Å². The van der Waals surface area contributed by atoms with Crippen molar-refractivity contribution < 1.29 is 0 Å². The number of aryl methyl sites for hydroxylation is 1. The molecule has 4 heteroatoms. The van der Waals surface area contributed by atoms with Crippen LogP contribution in [0.25, 0.3) is 121 Å². The second-order valence-electron chi connectivity index (χ2n) is 16.3. The van der Waals surface area contributed by atoms with Gasteiger partial charge in [-0.25, -0.2) is 9.97 Å². The van der Waals surface area contributed by atoms with Gasteiger partial charge in [0.25, 0.3) is 0 Å². The Morgan fingerprint density at radius 1 is 0.361 bits per heavy atom. The zero-order valence-corrected chi connectivity index (χ0v) is 33.3. The van der Waals surface area contributed by atoms with Crippen molar-refractivity contribution in [3.05, 3.63) is 206 Å². The van der Waals surface area contributed by atoms with Crippen molar-refractivity contribution in [2.45, 2.75) is 6.92 Å². The van der Waals surface area contributed by atoms with Crippen molar-refractivity contribution >= 4 is 81.7 Å². The minimum Gasteiger partial charge on any atom is -0.309 e. The van der Waals surface area contributed by atoms with Gasteiger partial charge in [0, 0.05) is 27.4 Å². The van der Waals surface area contributed by atoms with Gasteiger partial charge in [0.1, 0.15) is 11.5 Å². The Bertz CT molecular complexity index is 3890. The second-order valence-corrected chi connectivity index (χ2v) is 16.3. The van der Waals surface area contributed by atoms with Crippen LogP contribution in [-0.4, -0.2) is 18.9 Å². The first-order chi connectivity index (χ1) is 30.2. The van der Waals surface area contributed by atoms with Crippen LogP contribution in [0.15, 0.2) is 200 Å². The van der Waals surface area contributed by atoms with Crippen molar-refractivity contribution in [1.82, 2.24) is 18.9 Å². The van der Waals surface area contributed by atoms with Crippen LogP contribution < -0.4 is 0 Å². The summed E-state index contributed by atoms with van der Waals surface area (Å²) in [6.07, 6.45) is 0. The van der Waals surface area contributed by atoms with Gasteiger partial charge >= 0.3 is 0 Å². The Morgan fingerprint density at radius 3 is 1.66 bits per heavy atom. The molecule has 0 saturated heterocycles. The second kappa shape index (κ2) is 13.0. The number of hydrogen-bond donors (Lipinski definition) is 0. The first-order valence-corrected chi connectivity index (χ1v) is 20.9. The summed E-state index contributed by atoms with van der Waals surface area (Å²) in [7, 11) is 0. The Balaban J connectivity index is 0.989. The van der Waals surface area contributed by atoms with Gasteiger partial charge in [-0.1, -0.05) is 133 Å². The number of hydrogen-bond acceptors (Lipinski definition) is 2. The first kappa shape index (κ1) is 33.8. The third-order valence-electron chi connectivity index (χ3n) is 12.7. The largest absolute Gasteiger partial charge is 0.309 e. The Hall–Kier alpha value is -8.08. The molecule has 3 heterocycles. The molecule has 0 aliphatic rings. The summed E-state index contributed by atoms with van der Waals surface area (Å²) < 4.78 is 4.64. The molecular formula is C57H36N4. The maximum absolute atomic E-state index is 5.30. The van der Waals surface area contributed by atoms with E-state index >= 15 is 0 Å². The zero-order chi connectivity index (χ0) is 40.2. The van der Waals surface area contributed by atoms with E-state index in [4.69, 9.17) is 9.97 Å². The predicted molar refractivity (Wildman–Crippen MR) is 256 cm³/mol. The van der Waals surface area contributed by atoms with E-state index in [1.54, 1.807) is 0 Å². The first-order valence-electron chi connectivity index (χ1n) is 20.9. The van der Waals surface area contributed by atoms with Crippen LogP contribution in [0.3, 0.4) is 0 Å². The van der Waals surface area contributed by atoms with E-state index in [9.17, 15) is 0 Å². The van der Waals surface area contributed by atoms with Gasteiger partial charge in [-0.15, -0.1) is 0 Å². The lowest BCUT2D eigenvalue weighted by Crippen LogP contribution is -1.98. The Labute approximate surface area is 351 Å². The molecular weight excluding hydrogens is 741 g/mol. The molecule has 0 aliphatic carbocycles. The van der Waals surface area contributed by atoms with Gasteiger partial charge in [-0.3, -0.25) is 4.40 Å². The fourth-order valence-electron chi connectivity index (χ4n) is 9.97. The number of fused-ring (bicyclic) bond motifs is 11. The van der Waals surface area contributed by atoms with Crippen LogP contribution in [-0.2, 0) is 0 Å². The minimum atomic E-state index is 0.883. The molecule has 0 saturated carbocycles. The summed E-state index contributed by atoms with van der Waals surface area (Å²) in [4.78, 5) is 10.4. The maximum Gasteiger partial charge on any atom is 0.149 e. The molecule has 4 nitrogen and oxygen atoms in total. The van der Waals surface area contributed by atoms with Gasteiger partial charge in [0.15, 0.2) is 0 Å². The average molecular weight is 777 g/mol. The summed E-state index contributed by atoms with van der Waals surface area (Å²) >= 11 is 0. The summed E-state index contributed by atoms with van der Waals surface area (Å²) in [5, 5.41) is 11.0. The van der Waals surface area contributed by atoms with E-state index < -0.39 is 0 Å². The van der Waals surface area contributed by atoms with Crippen LogP contribution in [0.2, 0.25) is 0 Å². The molecule has 0 bridgehead atoms. The molecule has 0 amide bonds. The molecule has 61 heavy (non-hydrogen) atoms. The van der Waals surface area contributed by atoms with Crippen molar-refractivity contribution in [2.24, 2.45) is 0 Å². The van der Waals surface area contributed by atoms with E-state index in [0.717, 1.165) is 50.2 Å². The van der Waals surface area contributed by atoms with E-state index in [0.29, 0.717) is 0 Å². The molecule has 0 atom stereocenters. The van der Waals surface area contributed by atoms with Gasteiger partial charge in [-0.05, 0) is 134 Å². The number of nitrogens with zero attached hydrogens (tertiary/aromatic N) is 4. The molecule has 0 spiro atoms. The molecule has 0 radical (unpaired) electrons. The highest BCUT2D eigenvalue weighted by atomic mass is 15.1. The molecule has 0 N–H and O–H groups in total. The zero-order valence-electron chi connectivity index (χ0n) is 33.3. The highest BCUT2D eigenvalue weighted by Crippen LogP contribution is 2.45. The number of rotatable bonds is 4. The molecule has 3 aromatic heterocycles. The third-order valence-corrected chi connectivity index (χ3v) is 12.7. The van der Waals surface area contributed by atoms with Crippen LogP contribution in [0, 0.1) is 6.92 Å². The quantitative estimate of drug-likeness (QED) is 0.167. The fourth-order valence-corrected chi connectivity index (χ4v) is 9.97. The van der Waals surface area contributed by atoms with Crippen LogP contribution in [0.5, 0.6) is 0 Å². The maximum atomic E-state index is 5.30. The lowest BCUT2D eigenvalue weighted by Gasteiger charge is -2.18. The van der Waals surface area contributed by atoms with Crippen molar-refractivity contribution in [1.29, 1.82) is 0 Å². The summed E-state index contributed by atoms with van der Waals surface area (Å²) in [6.45, 7) is 2.17. The highest BCUT2D eigenvalue weighted by Gasteiger charge is 2.20. The third kappa shape index (κ3) is 5.06. The molecule has 0 unspecified atom stereocenters.